The molecule has 9 saturated heterocycles. The third kappa shape index (κ3) is 25.3. The molecule has 7 N–H and O–H groups in total. The molecule has 0 aromatic carbocycles. The first-order chi connectivity index (χ1) is 51.9. The second kappa shape index (κ2) is 43.9. The van der Waals surface area contributed by atoms with Crippen molar-refractivity contribution < 1.29 is 9.47 Å². The maximum absolute atomic E-state index is 5.34. The summed E-state index contributed by atoms with van der Waals surface area (Å²) in [7, 11) is 0. The van der Waals surface area contributed by atoms with Crippen LogP contribution in [0.1, 0.15) is 422 Å². The van der Waals surface area contributed by atoms with E-state index in [0.29, 0.717) is 16.2 Å². The van der Waals surface area contributed by atoms with E-state index in [1.807, 2.05) is 0 Å². The van der Waals surface area contributed by atoms with Gasteiger partial charge in [-0.25, -0.2) is 0 Å². The van der Waals surface area contributed by atoms with Crippen molar-refractivity contribution in [3.05, 3.63) is 36.5 Å². The van der Waals surface area contributed by atoms with Gasteiger partial charge in [0.25, 0.3) is 0 Å². The molecule has 26 rings (SSSR count). The van der Waals surface area contributed by atoms with E-state index in [0.717, 1.165) is 80.6 Å². The molecule has 0 radical (unpaired) electrons. The maximum atomic E-state index is 5.34. The van der Waals surface area contributed by atoms with Crippen LogP contribution in [0.5, 0.6) is 0 Å². The molecule has 9 nitrogen and oxygen atoms in total. The molecule has 0 aromatic heterocycles. The van der Waals surface area contributed by atoms with Gasteiger partial charge in [-0.1, -0.05) is 208 Å². The zero-order chi connectivity index (χ0) is 72.3. The van der Waals surface area contributed by atoms with E-state index < -0.39 is 0 Å². The number of rotatable bonds is 0. The summed E-state index contributed by atoms with van der Waals surface area (Å²) in [6.45, 7) is 21.9. The molecule has 0 bridgehead atoms. The molecule has 17 aliphatic carbocycles. The van der Waals surface area contributed by atoms with Crippen LogP contribution in [0.15, 0.2) is 36.5 Å². The van der Waals surface area contributed by atoms with Crippen LogP contribution in [0.25, 0.3) is 0 Å². The van der Waals surface area contributed by atoms with Gasteiger partial charge in [-0.15, -0.1) is 0 Å². The van der Waals surface area contributed by atoms with Crippen molar-refractivity contribution in [3.63, 3.8) is 0 Å². The predicted molar refractivity (Wildman–Crippen MR) is 481 cm³/mol. The van der Waals surface area contributed by atoms with Crippen LogP contribution in [0, 0.1) is 70.4 Å². The minimum Gasteiger partial charge on any atom is -0.381 e. The van der Waals surface area contributed by atoms with E-state index in [1.165, 1.54) is 374 Å². The monoisotopic (exact) mass is 1540 g/mol. The number of hydrogen-bond donors (Lipinski definition) is 7. The van der Waals surface area contributed by atoms with Crippen LogP contribution in [-0.2, 0) is 9.47 Å². The lowest BCUT2D eigenvalue weighted by atomic mass is 9.56. The summed E-state index contributed by atoms with van der Waals surface area (Å²) >= 11 is 0. The summed E-state index contributed by atoms with van der Waals surface area (Å²) in [6, 6.07) is 0. The highest BCUT2D eigenvalue weighted by Crippen LogP contribution is 2.57. The van der Waals surface area contributed by atoms with Crippen molar-refractivity contribution in [2.24, 2.45) is 70.4 Å². The summed E-state index contributed by atoms with van der Waals surface area (Å²) in [5.41, 5.74) is 10.2. The molecule has 111 heavy (non-hydrogen) atoms. The summed E-state index contributed by atoms with van der Waals surface area (Å²) in [6.07, 6.45) is 104. The van der Waals surface area contributed by atoms with Crippen molar-refractivity contribution in [1.82, 2.24) is 37.2 Å². The van der Waals surface area contributed by atoms with Crippen molar-refractivity contribution >= 4 is 0 Å². The molecule has 13 spiro atoms. The van der Waals surface area contributed by atoms with Crippen molar-refractivity contribution in [1.29, 1.82) is 0 Å². The van der Waals surface area contributed by atoms with Crippen LogP contribution in [0.3, 0.4) is 0 Å². The van der Waals surface area contributed by atoms with Gasteiger partial charge >= 0.3 is 0 Å². The summed E-state index contributed by atoms with van der Waals surface area (Å²) < 4.78 is 10.5. The van der Waals surface area contributed by atoms with E-state index in [-0.39, 0.29) is 37.1 Å². The highest BCUT2D eigenvalue weighted by molar-refractivity contribution is 5.12. The Morgan fingerprint density at radius 2 is 0.432 bits per heavy atom. The number of ether oxygens (including phenoxy) is 2. The van der Waals surface area contributed by atoms with Gasteiger partial charge in [0.1, 0.15) is 0 Å². The van der Waals surface area contributed by atoms with Crippen molar-refractivity contribution in [2.45, 2.75) is 422 Å². The standard InChI is InChI=1S/C9H17N.C9H16.C8H13N.2C8H14.C8H12.C7H13NO.2C7H13N.C7H10O.C7H12.2C6H11N.5CH4/c1-2-4-9(3-1)5-7-10-8-6-9;1-2-6-9(5-1)7-3-4-8-9;1-2-4-8(3-1)5-6-9-7-8;3*1-2-5-8(4-1)6-3-7-8;1-3-8-5-7(1)2-4-9-6-7;3*1-2-4-7(3-1)5-8-6-7;1-3-7(4-1)5-2-6-7;2*1-2-6(3-1)4-7-5-6;;;;;/h10H,1-8H2;1-8H2;1-2,9H,3-7H2;2*1-7H2;1,4H,2-3,5-7H2;8H,1-6H2;2*8H,1-6H2;1,3H,2,4-6H2;1-6H2;2*7H,1-5H2;5*1H4. The number of piperidine rings is 1. The quantitative estimate of drug-likeness (QED) is 0.120. The summed E-state index contributed by atoms with van der Waals surface area (Å²) in [5, 5.41) is 23.5. The van der Waals surface area contributed by atoms with Gasteiger partial charge in [0.15, 0.2) is 0 Å². The van der Waals surface area contributed by atoms with Crippen LogP contribution >= 0.6 is 0 Å². The van der Waals surface area contributed by atoms with Gasteiger partial charge in [-0.3, -0.25) is 0 Å². The van der Waals surface area contributed by atoms with E-state index in [4.69, 9.17) is 9.47 Å². The zero-order valence-electron chi connectivity index (χ0n) is 69.4. The first kappa shape index (κ1) is 93.7. The highest BCUT2D eigenvalue weighted by Gasteiger charge is 2.47. The normalized spacial score (nSPS) is 31.8. The molecule has 14 saturated carbocycles. The largest absolute Gasteiger partial charge is 0.381 e. The lowest BCUT2D eigenvalue weighted by Crippen LogP contribution is -2.57. The Morgan fingerprint density at radius 3 is 0.613 bits per heavy atom. The molecule has 9 aliphatic heterocycles. The van der Waals surface area contributed by atoms with Gasteiger partial charge < -0.3 is 46.7 Å². The minimum atomic E-state index is 0. The Kier molecular flexibility index (Phi) is 37.1. The first-order valence-electron chi connectivity index (χ1n) is 48.0. The Balaban J connectivity index is 0.000000138. The van der Waals surface area contributed by atoms with E-state index in [9.17, 15) is 0 Å². The van der Waals surface area contributed by atoms with Crippen molar-refractivity contribution in [2.75, 3.05) is 118 Å². The molecule has 26 aliphatic rings. The molecule has 9 heterocycles. The fraction of sp³-hybridized carbons (Fsp3) is 0.941. The lowest BCUT2D eigenvalue weighted by molar-refractivity contribution is -0.0813. The molecule has 9 heteroatoms. The molecular weight excluding hydrogens is 1360 g/mol. The first-order valence-corrected chi connectivity index (χ1v) is 48.0. The van der Waals surface area contributed by atoms with E-state index >= 15 is 0 Å². The molecule has 23 fully saturated rings. The Bertz CT molecular complexity index is 2250. The van der Waals surface area contributed by atoms with Crippen LogP contribution in [-0.4, -0.2) is 118 Å². The number of nitrogens with one attached hydrogen (secondary N) is 7. The molecular formula is C102H189N7O2. The van der Waals surface area contributed by atoms with Gasteiger partial charge in [-0.2, -0.15) is 0 Å². The topological polar surface area (TPSA) is 103 Å². The third-order valence-electron chi connectivity index (χ3n) is 35.6. The molecule has 1 unspecified atom stereocenters. The van der Waals surface area contributed by atoms with E-state index in [1.54, 1.807) is 103 Å². The van der Waals surface area contributed by atoms with Gasteiger partial charge in [0.05, 0.1) is 19.8 Å². The smallest absolute Gasteiger partial charge is 0.0579 e. The fourth-order valence-corrected chi connectivity index (χ4v) is 25.6. The molecule has 0 amide bonds. The predicted octanol–water partition coefficient (Wildman–Crippen LogP) is 25.4. The average Bonchev–Trinajstić information content (AvgIpc) is 1.53. The number of allylic oxidation sites excluding steroid dienone is 5. The van der Waals surface area contributed by atoms with Gasteiger partial charge in [-0.05, 0) is 336 Å². The number of hydrogen-bond acceptors (Lipinski definition) is 9. The highest BCUT2D eigenvalue weighted by atomic mass is 16.5. The molecule has 644 valence electrons. The van der Waals surface area contributed by atoms with Gasteiger partial charge in [0.2, 0.25) is 0 Å². The van der Waals surface area contributed by atoms with Crippen LogP contribution in [0.4, 0.5) is 0 Å². The Morgan fingerprint density at radius 1 is 0.180 bits per heavy atom. The fourth-order valence-electron chi connectivity index (χ4n) is 25.6. The minimum absolute atomic E-state index is 0. The molecule has 0 aromatic rings. The summed E-state index contributed by atoms with van der Waals surface area (Å²) in [5.74, 6) is 0. The average molecular weight is 1550 g/mol. The summed E-state index contributed by atoms with van der Waals surface area (Å²) in [4.78, 5) is 0. The SMILES string of the molecule is C.C.C.C.C.C1=CC2(CC1)CCC2.C1=CC2(CC1)COC2.C1=CCC2(C1)CCNC2.C1CC2(C1)CCC2.C1CC2(C1)CNC2.C1CC2(C1)CNC2.C1CC2(CCOC2)CN1.C1CCC2(C1)CCC2.C1CCC2(C1)CCC2.C1CCC2(C1)CCCC2.C1CCC2(C1)CCNCC2.C1CCC2(C1)CNC2.C1CCC2(C1)CNC2. The van der Waals surface area contributed by atoms with Crippen LogP contribution < -0.4 is 37.2 Å². The maximum Gasteiger partial charge on any atom is 0.0579 e. The van der Waals surface area contributed by atoms with Gasteiger partial charge in [0, 0.05) is 82.9 Å². The second-order valence-electron chi connectivity index (χ2n) is 43.2. The zero-order valence-corrected chi connectivity index (χ0v) is 69.4. The van der Waals surface area contributed by atoms with E-state index in [2.05, 4.69) is 73.7 Å². The Hall–Kier alpha value is -1.14. The van der Waals surface area contributed by atoms with Crippen molar-refractivity contribution in [3.8, 4) is 0 Å². The second-order valence-corrected chi connectivity index (χ2v) is 43.2. The Labute approximate surface area is 690 Å². The third-order valence-corrected chi connectivity index (χ3v) is 35.6. The molecule has 1 atom stereocenters. The lowest BCUT2D eigenvalue weighted by Gasteiger charge is -2.49. The van der Waals surface area contributed by atoms with Crippen LogP contribution in [0.2, 0.25) is 0 Å².